The van der Waals surface area contributed by atoms with E-state index in [9.17, 15) is 0 Å². The maximum atomic E-state index is 5.94. The third-order valence-corrected chi connectivity index (χ3v) is 3.50. The molecule has 0 atom stereocenters. The molecule has 17 heavy (non-hydrogen) atoms. The number of nitrogens with zero attached hydrogens (tertiary/aromatic N) is 4. The van der Waals surface area contributed by atoms with E-state index in [-0.39, 0.29) is 0 Å². The average molecular weight is 317 g/mol. The van der Waals surface area contributed by atoms with E-state index >= 15 is 0 Å². The van der Waals surface area contributed by atoms with Crippen LogP contribution in [0.4, 0.5) is 0 Å². The third-order valence-electron chi connectivity index (χ3n) is 2.28. The Labute approximate surface area is 112 Å². The Hall–Kier alpha value is -0.980. The van der Waals surface area contributed by atoms with Crippen molar-refractivity contribution in [1.82, 2.24) is 20.2 Å². The second-order valence-electron chi connectivity index (χ2n) is 3.50. The molecule has 0 aliphatic carbocycles. The number of hydrogen-bond donors (Lipinski definition) is 1. The SMILES string of the molecule is NCCCn1nnnc1-c1ccc(Cl)c(Br)c1. The van der Waals surface area contributed by atoms with Crippen LogP contribution in [-0.2, 0) is 6.54 Å². The molecule has 0 spiro atoms. The summed E-state index contributed by atoms with van der Waals surface area (Å²) in [6.45, 7) is 1.32. The van der Waals surface area contributed by atoms with Gasteiger partial charge in [-0.15, -0.1) is 5.10 Å². The van der Waals surface area contributed by atoms with Gasteiger partial charge in [0.25, 0.3) is 0 Å². The Balaban J connectivity index is 2.32. The Morgan fingerprint density at radius 2 is 2.24 bits per heavy atom. The quantitative estimate of drug-likeness (QED) is 0.938. The smallest absolute Gasteiger partial charge is 0.182 e. The average Bonchev–Trinajstić information content (AvgIpc) is 2.78. The van der Waals surface area contributed by atoms with Gasteiger partial charge in [0.2, 0.25) is 0 Å². The van der Waals surface area contributed by atoms with Crippen LogP contribution in [0.1, 0.15) is 6.42 Å². The highest BCUT2D eigenvalue weighted by Gasteiger charge is 2.09. The predicted molar refractivity (Wildman–Crippen MR) is 69.6 cm³/mol. The molecule has 0 radical (unpaired) electrons. The first kappa shape index (κ1) is 12.5. The van der Waals surface area contributed by atoms with E-state index in [0.717, 1.165) is 22.3 Å². The Bertz CT molecular complexity index is 513. The summed E-state index contributed by atoms with van der Waals surface area (Å²) in [5, 5.41) is 12.3. The minimum absolute atomic E-state index is 0.615. The molecule has 1 aromatic heterocycles. The standard InChI is InChI=1S/C10H11BrClN5/c11-8-6-7(2-3-9(8)12)10-14-15-16-17(10)5-1-4-13/h2-3,6H,1,4-5,13H2. The monoisotopic (exact) mass is 315 g/mol. The molecule has 2 rings (SSSR count). The molecule has 5 nitrogen and oxygen atoms in total. The predicted octanol–water partition coefficient (Wildman–Crippen LogP) is 2.10. The Morgan fingerprint density at radius 3 is 2.94 bits per heavy atom. The summed E-state index contributed by atoms with van der Waals surface area (Å²) < 4.78 is 2.56. The lowest BCUT2D eigenvalue weighted by molar-refractivity contribution is 0.568. The van der Waals surface area contributed by atoms with Gasteiger partial charge in [0.1, 0.15) is 0 Å². The van der Waals surface area contributed by atoms with Crippen molar-refractivity contribution in [2.45, 2.75) is 13.0 Å². The molecular formula is C10H11BrClN5. The zero-order valence-electron chi connectivity index (χ0n) is 8.98. The Kier molecular flexibility index (Phi) is 4.09. The summed E-state index contributed by atoms with van der Waals surface area (Å²) in [4.78, 5) is 0. The summed E-state index contributed by atoms with van der Waals surface area (Å²) in [5.74, 6) is 0.718. The van der Waals surface area contributed by atoms with Gasteiger partial charge in [-0.1, -0.05) is 11.6 Å². The lowest BCUT2D eigenvalue weighted by atomic mass is 10.2. The van der Waals surface area contributed by atoms with Crippen LogP contribution >= 0.6 is 27.5 Å². The molecule has 0 amide bonds. The van der Waals surface area contributed by atoms with Crippen molar-refractivity contribution in [2.75, 3.05) is 6.54 Å². The molecule has 2 N–H and O–H groups in total. The van der Waals surface area contributed by atoms with Gasteiger partial charge in [-0.05, 0) is 57.5 Å². The van der Waals surface area contributed by atoms with Crippen molar-refractivity contribution in [3.05, 3.63) is 27.7 Å². The van der Waals surface area contributed by atoms with Crippen molar-refractivity contribution in [2.24, 2.45) is 5.73 Å². The van der Waals surface area contributed by atoms with Gasteiger partial charge in [0.15, 0.2) is 5.82 Å². The number of nitrogens with two attached hydrogens (primary N) is 1. The summed E-state index contributed by atoms with van der Waals surface area (Å²) >= 11 is 9.32. The maximum Gasteiger partial charge on any atom is 0.182 e. The van der Waals surface area contributed by atoms with Gasteiger partial charge < -0.3 is 5.73 Å². The minimum atomic E-state index is 0.615. The highest BCUT2D eigenvalue weighted by molar-refractivity contribution is 9.10. The van der Waals surface area contributed by atoms with Gasteiger partial charge in [0, 0.05) is 16.6 Å². The summed E-state index contributed by atoms with van der Waals surface area (Å²) in [5.41, 5.74) is 6.39. The number of hydrogen-bond acceptors (Lipinski definition) is 4. The zero-order valence-corrected chi connectivity index (χ0v) is 11.3. The Morgan fingerprint density at radius 1 is 1.41 bits per heavy atom. The van der Waals surface area contributed by atoms with E-state index in [1.807, 2.05) is 18.2 Å². The number of aryl methyl sites for hydroxylation is 1. The van der Waals surface area contributed by atoms with E-state index in [4.69, 9.17) is 17.3 Å². The summed E-state index contributed by atoms with van der Waals surface area (Å²) in [6, 6.07) is 5.59. The fraction of sp³-hybridized carbons (Fsp3) is 0.300. The highest BCUT2D eigenvalue weighted by atomic mass is 79.9. The molecule has 1 aromatic carbocycles. The van der Waals surface area contributed by atoms with Crippen molar-refractivity contribution in [3.8, 4) is 11.4 Å². The number of benzene rings is 1. The largest absolute Gasteiger partial charge is 0.330 e. The number of tetrazole rings is 1. The first-order valence-electron chi connectivity index (χ1n) is 5.14. The van der Waals surface area contributed by atoms with Crippen molar-refractivity contribution >= 4 is 27.5 Å². The highest BCUT2D eigenvalue weighted by Crippen LogP contribution is 2.27. The maximum absolute atomic E-state index is 5.94. The first-order chi connectivity index (χ1) is 8.22. The van der Waals surface area contributed by atoms with E-state index < -0.39 is 0 Å². The van der Waals surface area contributed by atoms with E-state index in [1.54, 1.807) is 4.68 Å². The summed E-state index contributed by atoms with van der Waals surface area (Å²) in [6.07, 6.45) is 0.840. The van der Waals surface area contributed by atoms with Crippen molar-refractivity contribution < 1.29 is 0 Å². The molecule has 2 aromatic rings. The lowest BCUT2D eigenvalue weighted by Crippen LogP contribution is -2.08. The van der Waals surface area contributed by atoms with E-state index in [1.165, 1.54) is 0 Å². The first-order valence-corrected chi connectivity index (χ1v) is 6.31. The lowest BCUT2D eigenvalue weighted by Gasteiger charge is -2.04. The number of halogens is 2. The molecule has 0 saturated carbocycles. The fourth-order valence-electron chi connectivity index (χ4n) is 1.44. The molecule has 7 heteroatoms. The van der Waals surface area contributed by atoms with Gasteiger partial charge in [-0.3, -0.25) is 0 Å². The molecule has 0 unspecified atom stereocenters. The molecule has 0 fully saturated rings. The normalized spacial score (nSPS) is 10.8. The van der Waals surface area contributed by atoms with Crippen LogP contribution in [0, 0.1) is 0 Å². The number of aromatic nitrogens is 4. The number of rotatable bonds is 4. The van der Waals surface area contributed by atoms with Crippen LogP contribution in [0.5, 0.6) is 0 Å². The molecule has 0 aliphatic heterocycles. The summed E-state index contributed by atoms with van der Waals surface area (Å²) in [7, 11) is 0. The molecular weight excluding hydrogens is 306 g/mol. The van der Waals surface area contributed by atoms with Crippen molar-refractivity contribution in [1.29, 1.82) is 0 Å². The third kappa shape index (κ3) is 2.83. The second kappa shape index (κ2) is 5.57. The van der Waals surface area contributed by atoms with Crippen LogP contribution < -0.4 is 5.73 Å². The van der Waals surface area contributed by atoms with Crippen molar-refractivity contribution in [3.63, 3.8) is 0 Å². The zero-order chi connectivity index (χ0) is 12.3. The van der Waals surface area contributed by atoms with Crippen LogP contribution in [0.2, 0.25) is 5.02 Å². The molecule has 0 aliphatic rings. The van der Waals surface area contributed by atoms with Gasteiger partial charge >= 0.3 is 0 Å². The minimum Gasteiger partial charge on any atom is -0.330 e. The van der Waals surface area contributed by atoms with Crippen LogP contribution in [0.15, 0.2) is 22.7 Å². The van der Waals surface area contributed by atoms with Gasteiger partial charge in [0.05, 0.1) is 5.02 Å². The van der Waals surface area contributed by atoms with E-state index in [2.05, 4.69) is 31.5 Å². The molecule has 0 bridgehead atoms. The topological polar surface area (TPSA) is 69.6 Å². The molecule has 90 valence electrons. The molecule has 0 saturated heterocycles. The molecule has 1 heterocycles. The van der Waals surface area contributed by atoms with E-state index in [0.29, 0.717) is 18.1 Å². The van der Waals surface area contributed by atoms with Gasteiger partial charge in [-0.25, -0.2) is 4.68 Å². The van der Waals surface area contributed by atoms with Crippen LogP contribution in [0.3, 0.4) is 0 Å². The second-order valence-corrected chi connectivity index (χ2v) is 4.76. The van der Waals surface area contributed by atoms with Crippen LogP contribution in [0.25, 0.3) is 11.4 Å². The van der Waals surface area contributed by atoms with Crippen LogP contribution in [-0.4, -0.2) is 26.8 Å². The fourth-order valence-corrected chi connectivity index (χ4v) is 1.93. The van der Waals surface area contributed by atoms with Gasteiger partial charge in [-0.2, -0.15) is 0 Å².